The summed E-state index contributed by atoms with van der Waals surface area (Å²) in [5.41, 5.74) is 5.66. The molecule has 0 bridgehead atoms. The van der Waals surface area contributed by atoms with Crippen molar-refractivity contribution in [2.75, 3.05) is 11.1 Å². The lowest BCUT2D eigenvalue weighted by atomic mass is 10.2. The summed E-state index contributed by atoms with van der Waals surface area (Å²) in [5.74, 6) is 0.519. The zero-order valence-corrected chi connectivity index (χ0v) is 10.5. The smallest absolute Gasteiger partial charge is 0.337 e. The number of carboxylic acid groups (broad SMARTS) is 1. The summed E-state index contributed by atoms with van der Waals surface area (Å²) in [6.07, 6.45) is 2.92. The molecule has 4 N–H and O–H groups in total. The topological polar surface area (TPSA) is 114 Å². The van der Waals surface area contributed by atoms with Crippen molar-refractivity contribution in [2.24, 2.45) is 0 Å². The second-order valence-corrected chi connectivity index (χ2v) is 4.14. The first-order valence-electron chi connectivity index (χ1n) is 5.65. The summed E-state index contributed by atoms with van der Waals surface area (Å²) in [7, 11) is 0. The van der Waals surface area contributed by atoms with Crippen molar-refractivity contribution in [3.05, 3.63) is 35.7 Å². The summed E-state index contributed by atoms with van der Waals surface area (Å²) in [5, 5.41) is 12.0. The van der Waals surface area contributed by atoms with Gasteiger partial charge in [-0.25, -0.2) is 14.8 Å². The molecule has 1 atom stereocenters. The van der Waals surface area contributed by atoms with E-state index < -0.39 is 5.97 Å². The molecule has 1 unspecified atom stereocenters. The van der Waals surface area contributed by atoms with Gasteiger partial charge in [-0.1, -0.05) is 0 Å². The Morgan fingerprint density at radius 3 is 2.79 bits per heavy atom. The van der Waals surface area contributed by atoms with Crippen LogP contribution in [-0.4, -0.2) is 21.0 Å². The van der Waals surface area contributed by atoms with E-state index in [9.17, 15) is 4.79 Å². The van der Waals surface area contributed by atoms with Crippen molar-refractivity contribution in [3.63, 3.8) is 0 Å². The highest BCUT2D eigenvalue weighted by molar-refractivity contribution is 5.94. The highest BCUT2D eigenvalue weighted by Crippen LogP contribution is 2.20. The molecule has 0 aromatic carbocycles. The molecule has 0 spiro atoms. The summed E-state index contributed by atoms with van der Waals surface area (Å²) in [6, 6.07) is 1.15. The number of hydrogen-bond acceptors (Lipinski definition) is 6. The Bertz CT molecular complexity index is 609. The van der Waals surface area contributed by atoms with Crippen molar-refractivity contribution in [2.45, 2.75) is 19.9 Å². The van der Waals surface area contributed by atoms with Gasteiger partial charge in [0.25, 0.3) is 0 Å². The Labute approximate surface area is 109 Å². The number of nitrogens with zero attached hydrogens (tertiary/aromatic N) is 2. The third-order valence-corrected chi connectivity index (χ3v) is 2.54. The van der Waals surface area contributed by atoms with Crippen LogP contribution < -0.4 is 11.1 Å². The van der Waals surface area contributed by atoms with Crippen molar-refractivity contribution in [1.29, 1.82) is 0 Å². The normalized spacial score (nSPS) is 12.1. The molecule has 2 aromatic rings. The lowest BCUT2D eigenvalue weighted by Gasteiger charge is -2.12. The van der Waals surface area contributed by atoms with E-state index in [4.69, 9.17) is 15.3 Å². The minimum absolute atomic E-state index is 0.00767. The second kappa shape index (κ2) is 4.97. The number of hydrogen-bond donors (Lipinski definition) is 3. The molecule has 2 heterocycles. The molecule has 2 aromatic heterocycles. The van der Waals surface area contributed by atoms with E-state index in [1.807, 2.05) is 6.92 Å². The van der Waals surface area contributed by atoms with Gasteiger partial charge in [-0.3, -0.25) is 0 Å². The Hall–Kier alpha value is -2.57. The highest BCUT2D eigenvalue weighted by atomic mass is 16.4. The van der Waals surface area contributed by atoms with Gasteiger partial charge in [0, 0.05) is 0 Å². The van der Waals surface area contributed by atoms with Crippen molar-refractivity contribution in [3.8, 4) is 0 Å². The molecule has 2 rings (SSSR count). The first kappa shape index (κ1) is 12.9. The zero-order chi connectivity index (χ0) is 14.0. The number of carboxylic acids is 1. The number of nitrogens with two attached hydrogens (primary N) is 1. The third-order valence-electron chi connectivity index (χ3n) is 2.54. The number of rotatable bonds is 4. The highest BCUT2D eigenvalue weighted by Gasteiger charge is 2.14. The first-order chi connectivity index (χ1) is 8.97. The van der Waals surface area contributed by atoms with Gasteiger partial charge in [-0.2, -0.15) is 0 Å². The fourth-order valence-electron chi connectivity index (χ4n) is 1.59. The molecular formula is C12H14N4O3. The Morgan fingerprint density at radius 1 is 1.47 bits per heavy atom. The van der Waals surface area contributed by atoms with E-state index >= 15 is 0 Å². The minimum Gasteiger partial charge on any atom is -0.478 e. The van der Waals surface area contributed by atoms with Gasteiger partial charge < -0.3 is 20.6 Å². The summed E-state index contributed by atoms with van der Waals surface area (Å²) >= 11 is 0. The molecule has 7 nitrogen and oxygen atoms in total. The SMILES string of the molecule is Cc1cnc(C(C)Nc2cc(C(=O)O)c(N)cn2)o1. The van der Waals surface area contributed by atoms with Crippen LogP contribution in [0.5, 0.6) is 0 Å². The van der Waals surface area contributed by atoms with E-state index in [1.165, 1.54) is 12.3 Å². The van der Waals surface area contributed by atoms with Crippen LogP contribution in [0.2, 0.25) is 0 Å². The zero-order valence-electron chi connectivity index (χ0n) is 10.5. The fourth-order valence-corrected chi connectivity index (χ4v) is 1.59. The van der Waals surface area contributed by atoms with E-state index in [-0.39, 0.29) is 17.3 Å². The fraction of sp³-hybridized carbons (Fsp3) is 0.250. The third kappa shape index (κ3) is 2.82. The van der Waals surface area contributed by atoms with Crippen molar-refractivity contribution < 1.29 is 14.3 Å². The molecule has 0 aliphatic heterocycles. The maximum atomic E-state index is 11.0. The van der Waals surface area contributed by atoms with Crippen LogP contribution in [0, 0.1) is 6.92 Å². The van der Waals surface area contributed by atoms with Gasteiger partial charge >= 0.3 is 5.97 Å². The molecule has 100 valence electrons. The van der Waals surface area contributed by atoms with Crippen molar-refractivity contribution >= 4 is 17.5 Å². The van der Waals surface area contributed by atoms with Gasteiger partial charge in [-0.05, 0) is 19.9 Å². The number of anilines is 2. The van der Waals surface area contributed by atoms with Gasteiger partial charge in [0.2, 0.25) is 5.89 Å². The van der Waals surface area contributed by atoms with Crippen LogP contribution in [0.25, 0.3) is 0 Å². The van der Waals surface area contributed by atoms with Crippen LogP contribution in [0.4, 0.5) is 11.5 Å². The van der Waals surface area contributed by atoms with Gasteiger partial charge in [-0.15, -0.1) is 0 Å². The molecule has 0 radical (unpaired) electrons. The van der Waals surface area contributed by atoms with Crippen LogP contribution in [0.1, 0.15) is 35.0 Å². The molecule has 0 fully saturated rings. The predicted octanol–water partition coefficient (Wildman–Crippen LogP) is 1.83. The van der Waals surface area contributed by atoms with E-state index in [0.717, 1.165) is 0 Å². The largest absolute Gasteiger partial charge is 0.478 e. The lowest BCUT2D eigenvalue weighted by molar-refractivity contribution is 0.0698. The molecule has 7 heteroatoms. The number of aryl methyl sites for hydroxylation is 1. The maximum absolute atomic E-state index is 11.0. The summed E-state index contributed by atoms with van der Waals surface area (Å²) < 4.78 is 5.38. The van der Waals surface area contributed by atoms with Crippen LogP contribution in [0.3, 0.4) is 0 Å². The van der Waals surface area contributed by atoms with E-state index in [1.54, 1.807) is 13.1 Å². The van der Waals surface area contributed by atoms with Gasteiger partial charge in [0.1, 0.15) is 17.6 Å². The maximum Gasteiger partial charge on any atom is 0.337 e. The standard InChI is InChI=1S/C12H14N4O3/c1-6-4-15-11(19-6)7(2)16-10-3-8(12(17)18)9(13)5-14-10/h3-5,7H,13H2,1-2H3,(H,14,16)(H,17,18). The Kier molecular flexibility index (Phi) is 3.37. The summed E-state index contributed by atoms with van der Waals surface area (Å²) in [4.78, 5) is 19.1. The first-order valence-corrected chi connectivity index (χ1v) is 5.65. The van der Waals surface area contributed by atoms with Crippen LogP contribution >= 0.6 is 0 Å². The number of carbonyl (C=O) groups is 1. The predicted molar refractivity (Wildman–Crippen MR) is 68.9 cm³/mol. The van der Waals surface area contributed by atoms with E-state index in [2.05, 4.69) is 15.3 Å². The molecule has 0 aliphatic rings. The number of pyridine rings is 1. The average molecular weight is 262 g/mol. The lowest BCUT2D eigenvalue weighted by Crippen LogP contribution is -2.10. The molecule has 0 aliphatic carbocycles. The van der Waals surface area contributed by atoms with Crippen LogP contribution in [-0.2, 0) is 0 Å². The van der Waals surface area contributed by atoms with Gasteiger partial charge in [0.15, 0.2) is 0 Å². The molecule has 0 saturated heterocycles. The number of aromatic nitrogens is 2. The number of nitrogens with one attached hydrogen (secondary N) is 1. The quantitative estimate of drug-likeness (QED) is 0.769. The summed E-state index contributed by atoms with van der Waals surface area (Å²) in [6.45, 7) is 3.64. The van der Waals surface area contributed by atoms with Crippen molar-refractivity contribution in [1.82, 2.24) is 9.97 Å². The minimum atomic E-state index is -1.09. The molecule has 19 heavy (non-hydrogen) atoms. The number of nitrogen functional groups attached to an aromatic ring is 1. The number of aromatic carboxylic acids is 1. The van der Waals surface area contributed by atoms with E-state index in [0.29, 0.717) is 17.5 Å². The number of oxazole rings is 1. The monoisotopic (exact) mass is 262 g/mol. The Balaban J connectivity index is 2.19. The Morgan fingerprint density at radius 2 is 2.21 bits per heavy atom. The second-order valence-electron chi connectivity index (χ2n) is 4.14. The van der Waals surface area contributed by atoms with Crippen LogP contribution in [0.15, 0.2) is 22.9 Å². The molecular weight excluding hydrogens is 248 g/mol. The van der Waals surface area contributed by atoms with Gasteiger partial charge in [0.05, 0.1) is 23.6 Å². The molecule has 0 amide bonds. The molecule has 0 saturated carbocycles. The average Bonchev–Trinajstić information content (AvgIpc) is 2.78.